The summed E-state index contributed by atoms with van der Waals surface area (Å²) in [6, 6.07) is 1.45. The number of ether oxygens (including phenoxy) is 1. The van der Waals surface area contributed by atoms with Crippen LogP contribution in [0.3, 0.4) is 0 Å². The zero-order valence-corrected chi connectivity index (χ0v) is 7.46. The van der Waals surface area contributed by atoms with E-state index in [1.165, 1.54) is 6.07 Å². The fraction of sp³-hybridized carbons (Fsp3) is 0.500. The molecule has 1 N–H and O–H groups in total. The van der Waals surface area contributed by atoms with Crippen LogP contribution in [0.1, 0.15) is 13.8 Å². The maximum absolute atomic E-state index is 11.1. The highest BCUT2D eigenvalue weighted by Crippen LogP contribution is 2.03. The molecule has 13 heavy (non-hydrogen) atoms. The van der Waals surface area contributed by atoms with Crippen LogP contribution in [-0.4, -0.2) is 24.1 Å². The van der Waals surface area contributed by atoms with Crippen molar-refractivity contribution >= 4 is 17.5 Å². The summed E-state index contributed by atoms with van der Waals surface area (Å²) in [7, 11) is 0. The first-order valence-electron chi connectivity index (χ1n) is 3.70. The predicted octanol–water partition coefficient (Wildman–Crippen LogP) is 0.298. The van der Waals surface area contributed by atoms with Crippen molar-refractivity contribution in [3.63, 3.8) is 0 Å². The third kappa shape index (κ3) is 3.03. The van der Waals surface area contributed by atoms with Gasteiger partial charge in [-0.2, -0.15) is 5.26 Å². The third-order valence-corrected chi connectivity index (χ3v) is 1.34. The maximum atomic E-state index is 11.1. The average Bonchev–Trinajstić information content (AvgIpc) is 2.04. The Morgan fingerprint density at radius 2 is 2.15 bits per heavy atom. The number of esters is 1. The van der Waals surface area contributed by atoms with E-state index in [0.717, 1.165) is 6.92 Å². The molecule has 0 heterocycles. The largest absolute Gasteiger partial charge is 0.465 e. The number of Topliss-reactive ketones (excluding diaryl/α,β-unsaturated/α-hetero) is 1. The Morgan fingerprint density at radius 3 is 2.46 bits per heavy atom. The molecule has 5 heteroatoms. The highest BCUT2D eigenvalue weighted by atomic mass is 16.5. The smallest absolute Gasteiger partial charge is 0.323 e. The monoisotopic (exact) mass is 182 g/mol. The summed E-state index contributed by atoms with van der Waals surface area (Å²) >= 11 is 0. The average molecular weight is 182 g/mol. The van der Waals surface area contributed by atoms with Crippen LogP contribution in [-0.2, 0) is 14.3 Å². The summed E-state index contributed by atoms with van der Waals surface area (Å²) in [5.41, 5.74) is -0.578. The molecule has 0 aromatic rings. The summed E-state index contributed by atoms with van der Waals surface area (Å²) in [6.45, 7) is 2.86. The molecule has 0 aliphatic rings. The molecule has 0 amide bonds. The highest BCUT2D eigenvalue weighted by Gasteiger charge is 2.29. The topological polar surface area (TPSA) is 91.0 Å². The Labute approximate surface area is 75.8 Å². The number of nitriles is 1. The van der Waals surface area contributed by atoms with E-state index in [-0.39, 0.29) is 6.61 Å². The number of carbonyl (C=O) groups is 2. The van der Waals surface area contributed by atoms with Crippen molar-refractivity contribution in [1.82, 2.24) is 0 Å². The third-order valence-electron chi connectivity index (χ3n) is 1.34. The van der Waals surface area contributed by atoms with E-state index in [0.29, 0.717) is 0 Å². The van der Waals surface area contributed by atoms with Gasteiger partial charge in [0.25, 0.3) is 0 Å². The van der Waals surface area contributed by atoms with Gasteiger partial charge in [-0.05, 0) is 13.8 Å². The first kappa shape index (κ1) is 11.3. The van der Waals surface area contributed by atoms with E-state index in [4.69, 9.17) is 10.7 Å². The molecule has 0 unspecified atom stereocenters. The Kier molecular flexibility index (Phi) is 4.38. The van der Waals surface area contributed by atoms with Gasteiger partial charge < -0.3 is 4.74 Å². The van der Waals surface area contributed by atoms with Gasteiger partial charge in [-0.1, -0.05) is 0 Å². The Morgan fingerprint density at radius 1 is 1.62 bits per heavy atom. The van der Waals surface area contributed by atoms with E-state index in [2.05, 4.69) is 4.74 Å². The number of rotatable bonds is 4. The second-order valence-corrected chi connectivity index (χ2v) is 2.32. The van der Waals surface area contributed by atoms with Crippen LogP contribution in [0.15, 0.2) is 0 Å². The Bertz CT molecular complexity index is 278. The van der Waals surface area contributed by atoms with Crippen molar-refractivity contribution in [3.05, 3.63) is 0 Å². The zero-order chi connectivity index (χ0) is 10.4. The van der Waals surface area contributed by atoms with Gasteiger partial charge in [0, 0.05) is 0 Å². The molecule has 0 saturated carbocycles. The molecule has 0 radical (unpaired) electrons. The Hall–Kier alpha value is -1.70. The fourth-order valence-electron chi connectivity index (χ4n) is 0.777. The van der Waals surface area contributed by atoms with Crippen molar-refractivity contribution in [2.75, 3.05) is 6.61 Å². The highest BCUT2D eigenvalue weighted by molar-refractivity contribution is 6.22. The van der Waals surface area contributed by atoms with Gasteiger partial charge in [0.2, 0.25) is 0 Å². The van der Waals surface area contributed by atoms with Crippen LogP contribution in [0.5, 0.6) is 0 Å². The summed E-state index contributed by atoms with van der Waals surface area (Å²) in [4.78, 5) is 21.9. The second-order valence-electron chi connectivity index (χ2n) is 2.32. The number of nitrogens with zero attached hydrogens (tertiary/aromatic N) is 1. The minimum atomic E-state index is -1.36. The molecule has 0 spiro atoms. The van der Waals surface area contributed by atoms with E-state index in [9.17, 15) is 9.59 Å². The molecule has 0 bridgehead atoms. The van der Waals surface area contributed by atoms with Crippen LogP contribution in [0.4, 0.5) is 0 Å². The number of nitrogens with one attached hydrogen (secondary N) is 1. The minimum Gasteiger partial charge on any atom is -0.465 e. The number of hydrogen-bond donors (Lipinski definition) is 1. The van der Waals surface area contributed by atoms with Gasteiger partial charge in [-0.15, -0.1) is 0 Å². The van der Waals surface area contributed by atoms with Gasteiger partial charge in [0.1, 0.15) is 11.8 Å². The van der Waals surface area contributed by atoms with Gasteiger partial charge in [0.05, 0.1) is 6.61 Å². The lowest BCUT2D eigenvalue weighted by molar-refractivity contribution is -0.148. The predicted molar refractivity (Wildman–Crippen MR) is 44.1 cm³/mol. The van der Waals surface area contributed by atoms with Crippen molar-refractivity contribution in [1.29, 1.82) is 10.7 Å². The fourth-order valence-corrected chi connectivity index (χ4v) is 0.777. The molecular formula is C8H10N2O3. The molecule has 0 aromatic heterocycles. The number of hydrogen-bond acceptors (Lipinski definition) is 5. The Balaban J connectivity index is 4.64. The van der Waals surface area contributed by atoms with E-state index >= 15 is 0 Å². The van der Waals surface area contributed by atoms with E-state index < -0.39 is 23.4 Å². The van der Waals surface area contributed by atoms with Crippen molar-refractivity contribution in [2.24, 2.45) is 5.92 Å². The second kappa shape index (κ2) is 5.04. The van der Waals surface area contributed by atoms with E-state index in [1.807, 2.05) is 0 Å². The zero-order valence-electron chi connectivity index (χ0n) is 7.46. The van der Waals surface area contributed by atoms with Gasteiger partial charge in [-0.3, -0.25) is 15.0 Å². The lowest BCUT2D eigenvalue weighted by Crippen LogP contribution is -2.30. The molecule has 0 rings (SSSR count). The first-order valence-corrected chi connectivity index (χ1v) is 3.70. The lowest BCUT2D eigenvalue weighted by Gasteiger charge is -2.08. The molecular weight excluding hydrogens is 172 g/mol. The van der Waals surface area contributed by atoms with Crippen LogP contribution < -0.4 is 0 Å². The van der Waals surface area contributed by atoms with Crippen LogP contribution in [0, 0.1) is 22.7 Å². The maximum Gasteiger partial charge on any atom is 0.323 e. The minimum absolute atomic E-state index is 0.126. The molecule has 1 atom stereocenters. The van der Waals surface area contributed by atoms with Crippen LogP contribution >= 0.6 is 0 Å². The molecule has 70 valence electrons. The number of ketones is 1. The lowest BCUT2D eigenvalue weighted by atomic mass is 10.0. The summed E-state index contributed by atoms with van der Waals surface area (Å²) < 4.78 is 4.54. The number of carbonyl (C=O) groups excluding carboxylic acids is 2. The molecule has 0 aromatic carbocycles. The van der Waals surface area contributed by atoms with Gasteiger partial charge in [-0.25, -0.2) is 0 Å². The molecule has 0 aliphatic carbocycles. The standard InChI is InChI=1S/C8H10N2O3/c1-3-13-8(12)7(5(2)11)6(10)4-9/h7,10H,3H2,1-2H3/t7-/m0/s1. The summed E-state index contributed by atoms with van der Waals surface area (Å²) in [5, 5.41) is 15.4. The summed E-state index contributed by atoms with van der Waals surface area (Å²) in [5.74, 6) is -2.74. The normalized spacial score (nSPS) is 11.2. The van der Waals surface area contributed by atoms with Gasteiger partial charge >= 0.3 is 5.97 Å². The van der Waals surface area contributed by atoms with Gasteiger partial charge in [0.15, 0.2) is 11.7 Å². The first-order chi connectivity index (χ1) is 6.04. The SMILES string of the molecule is CCOC(=O)[C@H](C(=N)C#N)C(C)=O. The molecule has 0 fully saturated rings. The quantitative estimate of drug-likeness (QED) is 0.384. The molecule has 0 saturated heterocycles. The molecule has 5 nitrogen and oxygen atoms in total. The molecule has 0 aliphatic heterocycles. The van der Waals surface area contributed by atoms with Crippen LogP contribution in [0.2, 0.25) is 0 Å². The van der Waals surface area contributed by atoms with Crippen molar-refractivity contribution < 1.29 is 14.3 Å². The van der Waals surface area contributed by atoms with Crippen molar-refractivity contribution in [2.45, 2.75) is 13.8 Å². The van der Waals surface area contributed by atoms with Crippen molar-refractivity contribution in [3.8, 4) is 6.07 Å². The summed E-state index contributed by atoms with van der Waals surface area (Å²) in [6.07, 6.45) is 0. The van der Waals surface area contributed by atoms with Crippen LogP contribution in [0.25, 0.3) is 0 Å². The van der Waals surface area contributed by atoms with E-state index in [1.54, 1.807) is 6.92 Å².